The zero-order valence-corrected chi connectivity index (χ0v) is 10.6. The van der Waals surface area contributed by atoms with E-state index in [1.54, 1.807) is 6.33 Å². The van der Waals surface area contributed by atoms with E-state index in [0.29, 0.717) is 13.2 Å². The maximum atomic E-state index is 5.57. The first-order valence-electron chi connectivity index (χ1n) is 5.91. The third kappa shape index (κ3) is 3.49. The van der Waals surface area contributed by atoms with Crippen molar-refractivity contribution in [2.75, 3.05) is 19.8 Å². The Morgan fingerprint density at radius 3 is 2.76 bits per heavy atom. The van der Waals surface area contributed by atoms with Gasteiger partial charge in [-0.25, -0.2) is 0 Å². The van der Waals surface area contributed by atoms with Gasteiger partial charge in [-0.05, 0) is 13.8 Å². The maximum Gasteiger partial charge on any atom is 0.162 e. The van der Waals surface area contributed by atoms with Crippen LogP contribution in [0.3, 0.4) is 0 Å². The fraction of sp³-hybridized carbons (Fsp3) is 0.818. The molecule has 1 aliphatic rings. The molecule has 0 saturated carbocycles. The Labute approximate surface area is 101 Å². The summed E-state index contributed by atoms with van der Waals surface area (Å²) in [6.07, 6.45) is 2.57. The summed E-state index contributed by atoms with van der Waals surface area (Å²) < 4.78 is 13.1. The van der Waals surface area contributed by atoms with Gasteiger partial charge in [0.2, 0.25) is 0 Å². The molecule has 0 amide bonds. The van der Waals surface area contributed by atoms with Gasteiger partial charge in [-0.3, -0.25) is 0 Å². The van der Waals surface area contributed by atoms with Crippen molar-refractivity contribution in [3.63, 3.8) is 0 Å². The molecular formula is C11H20N4O2. The third-order valence-corrected chi connectivity index (χ3v) is 2.85. The van der Waals surface area contributed by atoms with Crippen LogP contribution in [-0.2, 0) is 22.9 Å². The number of hydrogen-bond acceptors (Lipinski definition) is 5. The van der Waals surface area contributed by atoms with Gasteiger partial charge in [-0.2, -0.15) is 0 Å². The van der Waals surface area contributed by atoms with E-state index in [0.717, 1.165) is 18.8 Å². The lowest BCUT2D eigenvalue weighted by Crippen LogP contribution is -2.49. The number of nitrogens with one attached hydrogen (secondary N) is 1. The third-order valence-electron chi connectivity index (χ3n) is 2.85. The molecular weight excluding hydrogens is 220 g/mol. The topological polar surface area (TPSA) is 61.2 Å². The predicted molar refractivity (Wildman–Crippen MR) is 62.5 cm³/mol. The molecule has 6 nitrogen and oxygen atoms in total. The summed E-state index contributed by atoms with van der Waals surface area (Å²) in [7, 11) is 1.95. The molecule has 1 aliphatic heterocycles. The molecule has 1 saturated heterocycles. The monoisotopic (exact) mass is 240 g/mol. The van der Waals surface area contributed by atoms with Gasteiger partial charge in [0.1, 0.15) is 12.2 Å². The lowest BCUT2D eigenvalue weighted by Gasteiger charge is -2.35. The first-order chi connectivity index (χ1) is 8.07. The number of aryl methyl sites for hydroxylation is 1. The van der Waals surface area contributed by atoms with Crippen LogP contribution in [0.4, 0.5) is 0 Å². The molecule has 0 bridgehead atoms. The highest BCUT2D eigenvalue weighted by Crippen LogP contribution is 2.16. The zero-order valence-electron chi connectivity index (χ0n) is 10.6. The first-order valence-corrected chi connectivity index (χ1v) is 5.91. The van der Waals surface area contributed by atoms with Gasteiger partial charge in [-0.1, -0.05) is 0 Å². The molecule has 0 unspecified atom stereocenters. The fourth-order valence-electron chi connectivity index (χ4n) is 1.73. The lowest BCUT2D eigenvalue weighted by atomic mass is 10.2. The van der Waals surface area contributed by atoms with E-state index in [-0.39, 0.29) is 6.04 Å². The number of ether oxygens (including phenoxy) is 2. The number of hydrogen-bond donors (Lipinski definition) is 1. The van der Waals surface area contributed by atoms with E-state index in [4.69, 9.17) is 9.47 Å². The Hall–Kier alpha value is -0.980. The second-order valence-corrected chi connectivity index (χ2v) is 4.78. The molecule has 17 heavy (non-hydrogen) atoms. The molecule has 96 valence electrons. The van der Waals surface area contributed by atoms with E-state index < -0.39 is 5.79 Å². The van der Waals surface area contributed by atoms with Crippen molar-refractivity contribution in [1.29, 1.82) is 0 Å². The second kappa shape index (κ2) is 5.12. The van der Waals surface area contributed by atoms with Crippen LogP contribution in [0, 0.1) is 0 Å². The molecule has 1 N–H and O–H groups in total. The minimum atomic E-state index is -0.443. The van der Waals surface area contributed by atoms with Crippen molar-refractivity contribution in [2.24, 2.45) is 7.05 Å². The van der Waals surface area contributed by atoms with E-state index in [1.807, 2.05) is 25.5 Å². The van der Waals surface area contributed by atoms with Crippen molar-refractivity contribution in [3.8, 4) is 0 Å². The quantitative estimate of drug-likeness (QED) is 0.808. The lowest BCUT2D eigenvalue weighted by molar-refractivity contribution is -0.252. The number of rotatable bonds is 4. The van der Waals surface area contributed by atoms with E-state index in [2.05, 4.69) is 15.5 Å². The fourth-order valence-corrected chi connectivity index (χ4v) is 1.73. The first kappa shape index (κ1) is 12.5. The van der Waals surface area contributed by atoms with Crippen LogP contribution in [0.25, 0.3) is 0 Å². The van der Waals surface area contributed by atoms with Crippen LogP contribution in [0.15, 0.2) is 6.33 Å². The SMILES string of the molecule is Cn1cnnc1CCNC1COC(C)(C)OC1. The summed E-state index contributed by atoms with van der Waals surface area (Å²) in [4.78, 5) is 0. The summed E-state index contributed by atoms with van der Waals surface area (Å²) >= 11 is 0. The Kier molecular flexibility index (Phi) is 3.76. The van der Waals surface area contributed by atoms with E-state index in [1.165, 1.54) is 0 Å². The zero-order chi connectivity index (χ0) is 12.3. The van der Waals surface area contributed by atoms with Crippen molar-refractivity contribution >= 4 is 0 Å². The summed E-state index contributed by atoms with van der Waals surface area (Å²) in [5.74, 6) is 0.539. The average molecular weight is 240 g/mol. The predicted octanol–water partition coefficient (Wildman–Crippen LogP) is 0.0987. The van der Waals surface area contributed by atoms with Gasteiger partial charge >= 0.3 is 0 Å². The van der Waals surface area contributed by atoms with Crippen LogP contribution in [0.5, 0.6) is 0 Å². The summed E-state index contributed by atoms with van der Waals surface area (Å²) in [5.41, 5.74) is 0. The van der Waals surface area contributed by atoms with Gasteiger partial charge in [-0.15, -0.1) is 10.2 Å². The normalized spacial score (nSPS) is 20.6. The van der Waals surface area contributed by atoms with Crippen molar-refractivity contribution in [2.45, 2.75) is 32.1 Å². The van der Waals surface area contributed by atoms with Gasteiger partial charge < -0.3 is 19.4 Å². The second-order valence-electron chi connectivity index (χ2n) is 4.78. The highest BCUT2D eigenvalue weighted by molar-refractivity contribution is 4.85. The molecule has 1 fully saturated rings. The van der Waals surface area contributed by atoms with Crippen LogP contribution in [-0.4, -0.2) is 46.4 Å². The molecule has 6 heteroatoms. The summed E-state index contributed by atoms with van der Waals surface area (Å²) in [6, 6.07) is 0.260. The van der Waals surface area contributed by atoms with Crippen LogP contribution >= 0.6 is 0 Å². The minimum Gasteiger partial charge on any atom is -0.349 e. The highest BCUT2D eigenvalue weighted by Gasteiger charge is 2.27. The number of aromatic nitrogens is 3. The van der Waals surface area contributed by atoms with Gasteiger partial charge in [0.15, 0.2) is 5.79 Å². The van der Waals surface area contributed by atoms with Crippen LogP contribution in [0.2, 0.25) is 0 Å². The Morgan fingerprint density at radius 2 is 2.18 bits per heavy atom. The number of nitrogens with zero attached hydrogens (tertiary/aromatic N) is 3. The largest absolute Gasteiger partial charge is 0.349 e. The Balaban J connectivity index is 1.68. The van der Waals surface area contributed by atoms with E-state index in [9.17, 15) is 0 Å². The van der Waals surface area contributed by atoms with Gasteiger partial charge in [0.25, 0.3) is 0 Å². The summed E-state index contributed by atoms with van der Waals surface area (Å²) in [5, 5.41) is 11.3. The Morgan fingerprint density at radius 1 is 1.47 bits per heavy atom. The van der Waals surface area contributed by atoms with Gasteiger partial charge in [0, 0.05) is 20.0 Å². The van der Waals surface area contributed by atoms with Crippen molar-refractivity contribution in [1.82, 2.24) is 20.1 Å². The highest BCUT2D eigenvalue weighted by atomic mass is 16.7. The van der Waals surface area contributed by atoms with Crippen molar-refractivity contribution in [3.05, 3.63) is 12.2 Å². The molecule has 0 atom stereocenters. The molecule has 1 aromatic heterocycles. The van der Waals surface area contributed by atoms with Gasteiger partial charge in [0.05, 0.1) is 19.3 Å². The average Bonchev–Trinajstić information content (AvgIpc) is 2.67. The van der Waals surface area contributed by atoms with Crippen molar-refractivity contribution < 1.29 is 9.47 Å². The van der Waals surface area contributed by atoms with E-state index >= 15 is 0 Å². The molecule has 0 aromatic carbocycles. The summed E-state index contributed by atoms with van der Waals surface area (Å²) in [6.45, 7) is 6.09. The molecule has 0 radical (unpaired) electrons. The maximum absolute atomic E-state index is 5.57. The smallest absolute Gasteiger partial charge is 0.162 e. The molecule has 2 rings (SSSR count). The van der Waals surface area contributed by atoms with Crippen LogP contribution < -0.4 is 5.32 Å². The Bertz CT molecular complexity index is 354. The van der Waals surface area contributed by atoms with Crippen LogP contribution in [0.1, 0.15) is 19.7 Å². The molecule has 2 heterocycles. The minimum absolute atomic E-state index is 0.260. The molecule has 0 aliphatic carbocycles. The molecule has 0 spiro atoms. The molecule has 1 aromatic rings. The standard InChI is InChI=1S/C11H20N4O2/c1-11(2)16-6-9(7-17-11)12-5-4-10-14-13-8-15(10)3/h8-9,12H,4-7H2,1-3H3.